The lowest BCUT2D eigenvalue weighted by Gasteiger charge is -2.21. The van der Waals surface area contributed by atoms with Gasteiger partial charge in [0.15, 0.2) is 0 Å². The Bertz CT molecular complexity index is 532. The molecule has 1 N–H and O–H groups in total. The number of nitrogens with one attached hydrogen (secondary N) is 1. The second-order valence-electron chi connectivity index (χ2n) is 5.62. The number of hydrogen-bond donors (Lipinski definition) is 1. The van der Waals surface area contributed by atoms with E-state index in [1.165, 1.54) is 12.8 Å². The molecule has 19 heavy (non-hydrogen) atoms. The Balaban J connectivity index is 1.82. The molecule has 0 bridgehead atoms. The fraction of sp³-hybridized carbons (Fsp3) is 0.438. The average Bonchev–Trinajstić information content (AvgIpc) is 3.02. The first-order valence-corrected chi connectivity index (χ1v) is 7.11. The van der Waals surface area contributed by atoms with Crippen molar-refractivity contribution in [2.24, 2.45) is 11.8 Å². The van der Waals surface area contributed by atoms with Gasteiger partial charge >= 0.3 is 0 Å². The summed E-state index contributed by atoms with van der Waals surface area (Å²) in [7, 11) is 0. The number of para-hydroxylation sites is 1. The van der Waals surface area contributed by atoms with E-state index in [-0.39, 0.29) is 0 Å². The molecule has 0 spiro atoms. The van der Waals surface area contributed by atoms with Gasteiger partial charge in [0.25, 0.3) is 0 Å². The van der Waals surface area contributed by atoms with Crippen molar-refractivity contribution in [1.82, 2.24) is 9.55 Å². The van der Waals surface area contributed by atoms with Crippen molar-refractivity contribution in [2.75, 3.05) is 5.32 Å². The van der Waals surface area contributed by atoms with Gasteiger partial charge in [-0.05, 0) is 36.8 Å². The molecular formula is C16H21N3. The maximum absolute atomic E-state index is 4.47. The first-order valence-electron chi connectivity index (χ1n) is 7.11. The van der Waals surface area contributed by atoms with E-state index >= 15 is 0 Å². The zero-order valence-corrected chi connectivity index (χ0v) is 11.6. The number of rotatable bonds is 3. The number of aromatic nitrogens is 2. The van der Waals surface area contributed by atoms with Crippen LogP contribution in [0.3, 0.4) is 0 Å². The van der Waals surface area contributed by atoms with E-state index in [1.54, 1.807) is 0 Å². The molecule has 0 aliphatic heterocycles. The highest BCUT2D eigenvalue weighted by Gasteiger charge is 2.30. The van der Waals surface area contributed by atoms with Crippen LogP contribution < -0.4 is 5.32 Å². The largest absolute Gasteiger partial charge is 0.352 e. The minimum atomic E-state index is 0.542. The molecule has 3 unspecified atom stereocenters. The second kappa shape index (κ2) is 5.08. The van der Waals surface area contributed by atoms with Crippen LogP contribution in [0.25, 0.3) is 5.69 Å². The summed E-state index contributed by atoms with van der Waals surface area (Å²) in [6.45, 7) is 4.68. The molecule has 1 aromatic heterocycles. The lowest BCUT2D eigenvalue weighted by molar-refractivity contribution is 0.434. The smallest absolute Gasteiger partial charge is 0.207 e. The third-order valence-electron chi connectivity index (χ3n) is 4.45. The summed E-state index contributed by atoms with van der Waals surface area (Å²) in [4.78, 5) is 4.47. The van der Waals surface area contributed by atoms with Gasteiger partial charge < -0.3 is 5.32 Å². The van der Waals surface area contributed by atoms with Crippen LogP contribution in [0.5, 0.6) is 0 Å². The van der Waals surface area contributed by atoms with E-state index in [0.717, 1.165) is 17.6 Å². The molecule has 3 atom stereocenters. The maximum atomic E-state index is 4.47. The summed E-state index contributed by atoms with van der Waals surface area (Å²) in [6, 6.07) is 10.9. The number of anilines is 1. The van der Waals surface area contributed by atoms with Gasteiger partial charge in [0, 0.05) is 24.1 Å². The first-order chi connectivity index (χ1) is 9.25. The van der Waals surface area contributed by atoms with Crippen molar-refractivity contribution in [2.45, 2.75) is 32.7 Å². The summed E-state index contributed by atoms with van der Waals surface area (Å²) >= 11 is 0. The van der Waals surface area contributed by atoms with E-state index in [2.05, 4.69) is 53.0 Å². The summed E-state index contributed by atoms with van der Waals surface area (Å²) < 4.78 is 2.12. The Morgan fingerprint density at radius 3 is 2.63 bits per heavy atom. The molecule has 1 aliphatic rings. The second-order valence-corrected chi connectivity index (χ2v) is 5.62. The van der Waals surface area contributed by atoms with Gasteiger partial charge in [0.2, 0.25) is 5.95 Å². The summed E-state index contributed by atoms with van der Waals surface area (Å²) in [6.07, 6.45) is 6.42. The van der Waals surface area contributed by atoms with Gasteiger partial charge in [-0.1, -0.05) is 32.0 Å². The van der Waals surface area contributed by atoms with Gasteiger partial charge in [-0.15, -0.1) is 0 Å². The number of imidazole rings is 1. The van der Waals surface area contributed by atoms with Crippen molar-refractivity contribution in [3.05, 3.63) is 42.7 Å². The van der Waals surface area contributed by atoms with Crippen molar-refractivity contribution in [3.8, 4) is 5.69 Å². The molecule has 2 aromatic rings. The molecule has 1 heterocycles. The number of benzene rings is 1. The fourth-order valence-corrected chi connectivity index (χ4v) is 2.94. The van der Waals surface area contributed by atoms with Crippen molar-refractivity contribution >= 4 is 5.95 Å². The van der Waals surface area contributed by atoms with Crippen molar-refractivity contribution in [3.63, 3.8) is 0 Å². The van der Waals surface area contributed by atoms with Crippen LogP contribution in [0.2, 0.25) is 0 Å². The van der Waals surface area contributed by atoms with Crippen LogP contribution in [0, 0.1) is 11.8 Å². The van der Waals surface area contributed by atoms with Gasteiger partial charge in [-0.3, -0.25) is 4.57 Å². The highest BCUT2D eigenvalue weighted by atomic mass is 15.2. The van der Waals surface area contributed by atoms with Gasteiger partial charge in [-0.2, -0.15) is 0 Å². The predicted molar refractivity (Wildman–Crippen MR) is 78.5 cm³/mol. The molecule has 100 valence electrons. The molecular weight excluding hydrogens is 234 g/mol. The van der Waals surface area contributed by atoms with Gasteiger partial charge in [-0.25, -0.2) is 4.98 Å². The lowest BCUT2D eigenvalue weighted by atomic mass is 9.98. The molecule has 3 heteroatoms. The van der Waals surface area contributed by atoms with Crippen molar-refractivity contribution in [1.29, 1.82) is 0 Å². The molecule has 1 aromatic carbocycles. The van der Waals surface area contributed by atoms with Crippen LogP contribution >= 0.6 is 0 Å². The van der Waals surface area contributed by atoms with E-state index < -0.39 is 0 Å². The minimum Gasteiger partial charge on any atom is -0.352 e. The van der Waals surface area contributed by atoms with E-state index in [0.29, 0.717) is 12.0 Å². The van der Waals surface area contributed by atoms with E-state index in [4.69, 9.17) is 0 Å². The lowest BCUT2D eigenvalue weighted by Crippen LogP contribution is -2.25. The zero-order valence-electron chi connectivity index (χ0n) is 11.6. The molecule has 0 radical (unpaired) electrons. The quantitative estimate of drug-likeness (QED) is 0.906. The molecule has 1 saturated carbocycles. The van der Waals surface area contributed by atoms with Gasteiger partial charge in [0.05, 0.1) is 0 Å². The SMILES string of the molecule is CC1CCC(Nc2nccn2-c2ccccc2)C1C. The number of nitrogens with zero attached hydrogens (tertiary/aromatic N) is 2. The van der Waals surface area contributed by atoms with E-state index in [1.807, 2.05) is 18.5 Å². The van der Waals surface area contributed by atoms with Crippen LogP contribution in [-0.4, -0.2) is 15.6 Å². The number of hydrogen-bond acceptors (Lipinski definition) is 2. The Morgan fingerprint density at radius 1 is 1.16 bits per heavy atom. The Kier molecular flexibility index (Phi) is 3.28. The third kappa shape index (κ3) is 2.37. The molecule has 1 aliphatic carbocycles. The fourth-order valence-electron chi connectivity index (χ4n) is 2.94. The molecule has 1 fully saturated rings. The zero-order chi connectivity index (χ0) is 13.2. The Morgan fingerprint density at radius 2 is 1.95 bits per heavy atom. The molecule has 3 nitrogen and oxygen atoms in total. The molecule has 0 saturated heterocycles. The van der Waals surface area contributed by atoms with Crippen LogP contribution in [0.15, 0.2) is 42.7 Å². The van der Waals surface area contributed by atoms with Crippen LogP contribution in [0.1, 0.15) is 26.7 Å². The van der Waals surface area contributed by atoms with Gasteiger partial charge in [0.1, 0.15) is 0 Å². The third-order valence-corrected chi connectivity index (χ3v) is 4.45. The topological polar surface area (TPSA) is 29.9 Å². The molecule has 3 rings (SSSR count). The van der Waals surface area contributed by atoms with Crippen LogP contribution in [0.4, 0.5) is 5.95 Å². The average molecular weight is 255 g/mol. The predicted octanol–water partition coefficient (Wildman–Crippen LogP) is 3.72. The standard InChI is InChI=1S/C16H21N3/c1-12-8-9-15(13(12)2)18-16-17-10-11-19(16)14-6-4-3-5-7-14/h3-7,10-13,15H,8-9H2,1-2H3,(H,17,18). The summed E-state index contributed by atoms with van der Waals surface area (Å²) in [5.41, 5.74) is 1.15. The minimum absolute atomic E-state index is 0.542. The Hall–Kier alpha value is -1.77. The van der Waals surface area contributed by atoms with Crippen LogP contribution in [-0.2, 0) is 0 Å². The monoisotopic (exact) mass is 255 g/mol. The molecule has 0 amide bonds. The Labute approximate surface area is 114 Å². The highest BCUT2D eigenvalue weighted by Crippen LogP contribution is 2.33. The van der Waals surface area contributed by atoms with E-state index in [9.17, 15) is 0 Å². The van der Waals surface area contributed by atoms with Crippen molar-refractivity contribution < 1.29 is 0 Å². The summed E-state index contributed by atoms with van der Waals surface area (Å²) in [5, 5.41) is 3.62. The summed E-state index contributed by atoms with van der Waals surface area (Å²) in [5.74, 6) is 2.47. The first kappa shape index (κ1) is 12.3. The normalized spacial score (nSPS) is 26.5. The highest BCUT2D eigenvalue weighted by molar-refractivity contribution is 5.42. The maximum Gasteiger partial charge on any atom is 0.207 e.